The quantitative estimate of drug-likeness (QED) is 0.376. The summed E-state index contributed by atoms with van der Waals surface area (Å²) < 4.78 is 0. The predicted molar refractivity (Wildman–Crippen MR) is 112 cm³/mol. The molecule has 24 heavy (non-hydrogen) atoms. The van der Waals surface area contributed by atoms with E-state index < -0.39 is 0 Å². The first-order chi connectivity index (χ1) is 11.2. The number of aromatic nitrogens is 1. The fourth-order valence-electron chi connectivity index (χ4n) is 3.24. The maximum Gasteiger partial charge on any atom is 0.191 e. The standard InChI is InChI=1S/C16H28N6S.HI/c1-3-17-16(18-5-4-15-19-10-13(2)23-15)20-11-14-12-21-6-8-22(14)9-7-21;/h10,14H,3-9,11-12H2,1-2H3,(H2,17,18,20);1H. The summed E-state index contributed by atoms with van der Waals surface area (Å²) in [6, 6.07) is 0.578. The fourth-order valence-corrected chi connectivity index (χ4v) is 4.03. The molecule has 6 nitrogen and oxygen atoms in total. The van der Waals surface area contributed by atoms with Crippen LogP contribution in [0.3, 0.4) is 0 Å². The molecular weight excluding hydrogens is 435 g/mol. The van der Waals surface area contributed by atoms with Crippen molar-refractivity contribution in [2.24, 2.45) is 4.99 Å². The van der Waals surface area contributed by atoms with Crippen LogP contribution < -0.4 is 10.6 Å². The summed E-state index contributed by atoms with van der Waals surface area (Å²) in [5, 5.41) is 7.97. The zero-order chi connectivity index (χ0) is 16.1. The van der Waals surface area contributed by atoms with Gasteiger partial charge in [0, 0.05) is 69.3 Å². The predicted octanol–water partition coefficient (Wildman–Crippen LogP) is 1.17. The van der Waals surface area contributed by atoms with E-state index in [0.29, 0.717) is 6.04 Å². The summed E-state index contributed by atoms with van der Waals surface area (Å²) in [6.07, 6.45) is 2.90. The molecule has 1 atom stereocenters. The van der Waals surface area contributed by atoms with Gasteiger partial charge >= 0.3 is 0 Å². The van der Waals surface area contributed by atoms with E-state index in [0.717, 1.165) is 32.0 Å². The maximum absolute atomic E-state index is 4.80. The van der Waals surface area contributed by atoms with Crippen LogP contribution in [0.25, 0.3) is 0 Å². The number of piperazine rings is 3. The van der Waals surface area contributed by atoms with Gasteiger partial charge < -0.3 is 10.6 Å². The molecule has 3 aliphatic rings. The number of fused-ring (bicyclic) bond motifs is 3. The van der Waals surface area contributed by atoms with Crippen molar-refractivity contribution in [2.75, 3.05) is 52.4 Å². The first-order valence-corrected chi connectivity index (χ1v) is 9.46. The van der Waals surface area contributed by atoms with E-state index in [1.807, 2.05) is 6.20 Å². The largest absolute Gasteiger partial charge is 0.357 e. The molecule has 0 radical (unpaired) electrons. The van der Waals surface area contributed by atoms with Crippen LogP contribution in [0.4, 0.5) is 0 Å². The summed E-state index contributed by atoms with van der Waals surface area (Å²) >= 11 is 1.77. The molecule has 0 aromatic carbocycles. The van der Waals surface area contributed by atoms with Crippen molar-refractivity contribution in [1.29, 1.82) is 0 Å². The minimum atomic E-state index is 0. The first kappa shape index (κ1) is 19.9. The zero-order valence-electron chi connectivity index (χ0n) is 14.6. The molecule has 3 aliphatic heterocycles. The monoisotopic (exact) mass is 464 g/mol. The second kappa shape index (κ2) is 9.88. The van der Waals surface area contributed by atoms with Crippen LogP contribution in [0.2, 0.25) is 0 Å². The van der Waals surface area contributed by atoms with Gasteiger partial charge in [-0.2, -0.15) is 0 Å². The van der Waals surface area contributed by atoms with Crippen LogP contribution >= 0.6 is 35.3 Å². The van der Waals surface area contributed by atoms with Crippen LogP contribution in [-0.2, 0) is 6.42 Å². The minimum absolute atomic E-state index is 0. The molecule has 4 heterocycles. The van der Waals surface area contributed by atoms with Gasteiger partial charge in [0.05, 0.1) is 11.6 Å². The number of aliphatic imine (C=N–C) groups is 1. The van der Waals surface area contributed by atoms with Crippen molar-refractivity contribution < 1.29 is 0 Å². The third-order valence-corrected chi connectivity index (χ3v) is 5.47. The molecule has 2 N–H and O–H groups in total. The highest BCUT2D eigenvalue weighted by molar-refractivity contribution is 14.0. The van der Waals surface area contributed by atoms with Crippen LogP contribution in [0.15, 0.2) is 11.2 Å². The average molecular weight is 464 g/mol. The number of guanidine groups is 1. The van der Waals surface area contributed by atoms with Gasteiger partial charge in [0.25, 0.3) is 0 Å². The summed E-state index contributed by atoms with van der Waals surface area (Å²) in [4.78, 5) is 15.6. The Morgan fingerprint density at radius 3 is 2.71 bits per heavy atom. The molecule has 8 heteroatoms. The lowest BCUT2D eigenvalue weighted by Gasteiger charge is -2.47. The number of hydrogen-bond donors (Lipinski definition) is 2. The van der Waals surface area contributed by atoms with Gasteiger partial charge in [-0.05, 0) is 13.8 Å². The molecule has 1 unspecified atom stereocenters. The number of nitrogens with zero attached hydrogens (tertiary/aromatic N) is 4. The van der Waals surface area contributed by atoms with E-state index in [4.69, 9.17) is 4.99 Å². The average Bonchev–Trinajstić information content (AvgIpc) is 2.99. The second-order valence-electron chi connectivity index (χ2n) is 6.25. The molecule has 0 saturated carbocycles. The molecule has 1 aromatic rings. The lowest BCUT2D eigenvalue weighted by atomic mass is 10.1. The van der Waals surface area contributed by atoms with Crippen LogP contribution in [0.1, 0.15) is 16.8 Å². The van der Waals surface area contributed by atoms with E-state index >= 15 is 0 Å². The Kier molecular flexibility index (Phi) is 8.18. The molecule has 3 saturated heterocycles. The Balaban J connectivity index is 0.00000208. The van der Waals surface area contributed by atoms with E-state index in [1.165, 1.54) is 42.6 Å². The summed E-state index contributed by atoms with van der Waals surface area (Å²) in [7, 11) is 0. The molecule has 4 rings (SSSR count). The molecule has 2 bridgehead atoms. The van der Waals surface area contributed by atoms with Gasteiger partial charge in [-0.3, -0.25) is 14.8 Å². The lowest BCUT2D eigenvalue weighted by Crippen LogP contribution is -2.62. The van der Waals surface area contributed by atoms with E-state index in [9.17, 15) is 0 Å². The molecule has 0 spiro atoms. The number of thiazole rings is 1. The highest BCUT2D eigenvalue weighted by Gasteiger charge is 2.31. The topological polar surface area (TPSA) is 55.8 Å². The van der Waals surface area contributed by atoms with Crippen molar-refractivity contribution in [2.45, 2.75) is 26.3 Å². The Labute approximate surface area is 166 Å². The van der Waals surface area contributed by atoms with E-state index in [-0.39, 0.29) is 24.0 Å². The SMILES string of the molecule is CCNC(=NCC1CN2CCN1CC2)NCCc1ncc(C)s1.I. The summed E-state index contributed by atoms with van der Waals surface area (Å²) in [5.41, 5.74) is 0. The van der Waals surface area contributed by atoms with Crippen molar-refractivity contribution >= 4 is 41.3 Å². The first-order valence-electron chi connectivity index (χ1n) is 8.64. The Bertz CT molecular complexity index is 526. The normalized spacial score (nSPS) is 26.1. The molecule has 1 aromatic heterocycles. The number of aryl methyl sites for hydroxylation is 1. The molecular formula is C16H29IN6S. The minimum Gasteiger partial charge on any atom is -0.357 e. The van der Waals surface area contributed by atoms with Crippen molar-refractivity contribution in [3.8, 4) is 0 Å². The van der Waals surface area contributed by atoms with E-state index in [2.05, 4.69) is 39.3 Å². The smallest absolute Gasteiger partial charge is 0.191 e. The molecule has 3 fully saturated rings. The lowest BCUT2D eigenvalue weighted by molar-refractivity contribution is 0.0174. The molecule has 0 aliphatic carbocycles. The molecule has 136 valence electrons. The highest BCUT2D eigenvalue weighted by atomic mass is 127. The van der Waals surface area contributed by atoms with Crippen molar-refractivity contribution in [3.05, 3.63) is 16.1 Å². The number of nitrogens with one attached hydrogen (secondary N) is 2. The maximum atomic E-state index is 4.80. The van der Waals surface area contributed by atoms with Gasteiger partial charge in [-0.15, -0.1) is 35.3 Å². The van der Waals surface area contributed by atoms with Crippen molar-refractivity contribution in [3.63, 3.8) is 0 Å². The van der Waals surface area contributed by atoms with Crippen LogP contribution in [0, 0.1) is 6.92 Å². The Morgan fingerprint density at radius 1 is 1.33 bits per heavy atom. The second-order valence-corrected chi connectivity index (χ2v) is 7.57. The number of hydrogen-bond acceptors (Lipinski definition) is 5. The zero-order valence-corrected chi connectivity index (χ0v) is 17.8. The number of halogens is 1. The Hall–Kier alpha value is -0.450. The summed E-state index contributed by atoms with van der Waals surface area (Å²) in [5.74, 6) is 0.929. The van der Waals surface area contributed by atoms with Crippen molar-refractivity contribution in [1.82, 2.24) is 25.4 Å². The van der Waals surface area contributed by atoms with Gasteiger partial charge in [0.15, 0.2) is 5.96 Å². The van der Waals surface area contributed by atoms with Crippen LogP contribution in [0.5, 0.6) is 0 Å². The van der Waals surface area contributed by atoms with Gasteiger partial charge in [0.2, 0.25) is 0 Å². The number of rotatable bonds is 6. The fraction of sp³-hybridized carbons (Fsp3) is 0.750. The molecule has 0 amide bonds. The van der Waals surface area contributed by atoms with Gasteiger partial charge in [-0.25, -0.2) is 4.98 Å². The third-order valence-electron chi connectivity index (χ3n) is 4.50. The highest BCUT2D eigenvalue weighted by Crippen LogP contribution is 2.15. The van der Waals surface area contributed by atoms with Gasteiger partial charge in [0.1, 0.15) is 0 Å². The third kappa shape index (κ3) is 5.53. The van der Waals surface area contributed by atoms with Gasteiger partial charge in [-0.1, -0.05) is 0 Å². The van der Waals surface area contributed by atoms with E-state index in [1.54, 1.807) is 11.3 Å². The van der Waals surface area contributed by atoms with Crippen LogP contribution in [-0.4, -0.2) is 79.1 Å². The Morgan fingerprint density at radius 2 is 2.12 bits per heavy atom. The summed E-state index contributed by atoms with van der Waals surface area (Å²) in [6.45, 7) is 12.9.